The molecule has 1 atom stereocenters. The summed E-state index contributed by atoms with van der Waals surface area (Å²) in [7, 11) is 1.81. The van der Waals surface area contributed by atoms with Gasteiger partial charge in [-0.2, -0.15) is 9.48 Å². The first kappa shape index (κ1) is 9.37. The van der Waals surface area contributed by atoms with Crippen LogP contribution < -0.4 is 0 Å². The van der Waals surface area contributed by atoms with Crippen molar-refractivity contribution in [1.29, 1.82) is 0 Å². The van der Waals surface area contributed by atoms with E-state index in [2.05, 4.69) is 4.99 Å². The highest BCUT2D eigenvalue weighted by Gasteiger charge is 2.37. The maximum atomic E-state index is 11.8. The molecule has 2 rings (SSSR count). The van der Waals surface area contributed by atoms with Gasteiger partial charge in [-0.15, -0.1) is 11.6 Å². The first-order valence-electron chi connectivity index (χ1n) is 4.29. The van der Waals surface area contributed by atoms with Gasteiger partial charge >= 0.3 is 5.91 Å². The van der Waals surface area contributed by atoms with E-state index in [1.54, 1.807) is 0 Å². The lowest BCUT2D eigenvalue weighted by atomic mass is 10.2. The predicted octanol–water partition coefficient (Wildman–Crippen LogP) is 1.58. The number of quaternary nitrogens is 1. The predicted molar refractivity (Wildman–Crippen MR) is 55.7 cm³/mol. The number of nitrogens with zero attached hydrogens (tertiary/aromatic N) is 2. The van der Waals surface area contributed by atoms with Gasteiger partial charge in [0.2, 0.25) is 5.84 Å². The number of allylic oxidation sites excluding steroid dienone is 3. The Morgan fingerprint density at radius 3 is 3.00 bits per heavy atom. The maximum absolute atomic E-state index is 11.8. The Kier molecular flexibility index (Phi) is 2.13. The molecule has 0 fully saturated rings. The smallest absolute Gasteiger partial charge is 0.225 e. The summed E-state index contributed by atoms with van der Waals surface area (Å²) < 4.78 is 0.108. The first-order chi connectivity index (χ1) is 6.66. The molecule has 2 heterocycles. The Morgan fingerprint density at radius 2 is 2.29 bits per heavy atom. The number of amidine groups is 1. The molecule has 4 heteroatoms. The second-order valence-electron chi connectivity index (χ2n) is 3.35. The molecule has 2 aliphatic rings. The number of aliphatic imine (C=N–C) groups is 1. The summed E-state index contributed by atoms with van der Waals surface area (Å²) in [5.41, 5.74) is 0.627. The number of hydrogen-bond donors (Lipinski definition) is 0. The molecule has 0 saturated carbocycles. The van der Waals surface area contributed by atoms with Crippen LogP contribution in [0.25, 0.3) is 0 Å². The second-order valence-corrected chi connectivity index (χ2v) is 3.62. The summed E-state index contributed by atoms with van der Waals surface area (Å²) >= 11 is 5.65. The molecule has 3 nitrogen and oxygen atoms in total. The molecular formula is C10H10ClN2O+. The van der Waals surface area contributed by atoms with Crippen LogP contribution in [0.3, 0.4) is 0 Å². The van der Waals surface area contributed by atoms with E-state index in [1.165, 1.54) is 6.08 Å². The molecule has 0 N–H and O–H groups in total. The summed E-state index contributed by atoms with van der Waals surface area (Å²) in [5, 5.41) is 0. The summed E-state index contributed by atoms with van der Waals surface area (Å²) in [6.07, 6.45) is 8.85. The van der Waals surface area contributed by atoms with Crippen molar-refractivity contribution in [2.45, 2.75) is 0 Å². The van der Waals surface area contributed by atoms with E-state index < -0.39 is 0 Å². The zero-order valence-electron chi connectivity index (χ0n) is 7.77. The van der Waals surface area contributed by atoms with Gasteiger partial charge in [-0.3, -0.25) is 0 Å². The summed E-state index contributed by atoms with van der Waals surface area (Å²) in [6, 6.07) is 0. The molecule has 0 radical (unpaired) electrons. The third-order valence-corrected chi connectivity index (χ3v) is 2.63. The van der Waals surface area contributed by atoms with Crippen LogP contribution in [-0.2, 0) is 4.79 Å². The number of rotatable bonds is 1. The highest BCUT2D eigenvalue weighted by atomic mass is 35.5. The third-order valence-electron chi connectivity index (χ3n) is 2.36. The average Bonchev–Trinajstić information content (AvgIpc) is 2.19. The summed E-state index contributed by atoms with van der Waals surface area (Å²) in [4.78, 5) is 16.1. The molecule has 0 spiro atoms. The van der Waals surface area contributed by atoms with Crippen molar-refractivity contribution in [2.75, 3.05) is 12.9 Å². The Hall–Kier alpha value is -1.19. The summed E-state index contributed by atoms with van der Waals surface area (Å²) in [6.45, 7) is 0. The van der Waals surface area contributed by atoms with E-state index >= 15 is 0 Å². The van der Waals surface area contributed by atoms with Crippen LogP contribution in [0, 0.1) is 0 Å². The molecule has 1 amide bonds. The van der Waals surface area contributed by atoms with Crippen LogP contribution in [0.15, 0.2) is 41.2 Å². The van der Waals surface area contributed by atoms with Crippen molar-refractivity contribution >= 4 is 23.3 Å². The molecule has 0 aromatic carbocycles. The number of amides is 1. The molecule has 1 unspecified atom stereocenters. The fourth-order valence-electron chi connectivity index (χ4n) is 1.45. The monoisotopic (exact) mass is 209 g/mol. The standard InChI is InChI=1S/C10H10ClN2O/c1-13-5-3-2-4-9(13)12-8(7-11)6-10(13)14/h2-6H,7H2,1H3/q+1. The fourth-order valence-corrected chi connectivity index (χ4v) is 1.58. The van der Waals surface area contributed by atoms with E-state index in [0.717, 1.165) is 5.84 Å². The largest absolute Gasteiger partial charge is 0.351 e. The zero-order valence-corrected chi connectivity index (χ0v) is 8.53. The van der Waals surface area contributed by atoms with Crippen molar-refractivity contribution in [3.8, 4) is 0 Å². The van der Waals surface area contributed by atoms with Crippen molar-refractivity contribution in [1.82, 2.24) is 0 Å². The lowest BCUT2D eigenvalue weighted by Crippen LogP contribution is -2.50. The van der Waals surface area contributed by atoms with Crippen LogP contribution in [-0.4, -0.2) is 29.2 Å². The van der Waals surface area contributed by atoms with E-state index in [9.17, 15) is 4.79 Å². The third kappa shape index (κ3) is 1.25. The molecule has 0 saturated heterocycles. The second kappa shape index (κ2) is 3.19. The van der Waals surface area contributed by atoms with Crippen LogP contribution in [0.4, 0.5) is 0 Å². The number of likely N-dealkylation sites (N-methyl/N-ethyl adjacent to an activating group) is 1. The quantitative estimate of drug-likeness (QED) is 0.476. The SMILES string of the molecule is C[N+]12C=CC=CC1=NC(CCl)=CC2=O. The van der Waals surface area contributed by atoms with Crippen molar-refractivity contribution in [3.63, 3.8) is 0 Å². The molecule has 0 aromatic rings. The zero-order chi connectivity index (χ0) is 10.2. The molecule has 72 valence electrons. The van der Waals surface area contributed by atoms with Gasteiger partial charge in [0.05, 0.1) is 24.7 Å². The molecular weight excluding hydrogens is 200 g/mol. The van der Waals surface area contributed by atoms with Crippen LogP contribution in [0.2, 0.25) is 0 Å². The Labute approximate surface area is 87.3 Å². The number of carbonyl (C=O) groups is 1. The lowest BCUT2D eigenvalue weighted by molar-refractivity contribution is -0.680. The van der Waals surface area contributed by atoms with Crippen molar-refractivity contribution in [3.05, 3.63) is 36.2 Å². The minimum atomic E-state index is -0.00810. The highest BCUT2D eigenvalue weighted by Crippen LogP contribution is 2.21. The van der Waals surface area contributed by atoms with Crippen molar-refractivity contribution in [2.24, 2.45) is 4.99 Å². The normalized spacial score (nSPS) is 29.7. The fraction of sp³-hybridized carbons (Fsp3) is 0.200. The Morgan fingerprint density at radius 1 is 1.50 bits per heavy atom. The number of fused-ring (bicyclic) bond motifs is 1. The molecule has 0 aliphatic carbocycles. The van der Waals surface area contributed by atoms with Gasteiger partial charge in [0.25, 0.3) is 0 Å². The van der Waals surface area contributed by atoms with E-state index in [-0.39, 0.29) is 16.3 Å². The van der Waals surface area contributed by atoms with Gasteiger partial charge in [-0.05, 0) is 12.2 Å². The topological polar surface area (TPSA) is 29.4 Å². The maximum Gasteiger partial charge on any atom is 0.351 e. The minimum Gasteiger partial charge on any atom is -0.225 e. The summed E-state index contributed by atoms with van der Waals surface area (Å²) in [5.74, 6) is 0.981. The van der Waals surface area contributed by atoms with E-state index in [0.29, 0.717) is 5.70 Å². The van der Waals surface area contributed by atoms with E-state index in [1.807, 2.05) is 31.5 Å². The van der Waals surface area contributed by atoms with Crippen molar-refractivity contribution < 1.29 is 9.28 Å². The molecule has 0 bridgehead atoms. The van der Waals surface area contributed by atoms with E-state index in [4.69, 9.17) is 11.6 Å². The van der Waals surface area contributed by atoms with Gasteiger partial charge in [-0.1, -0.05) is 0 Å². The number of hydrogen-bond acceptors (Lipinski definition) is 2. The van der Waals surface area contributed by atoms with Gasteiger partial charge < -0.3 is 0 Å². The molecule has 2 aliphatic heterocycles. The van der Waals surface area contributed by atoms with Gasteiger partial charge in [0.15, 0.2) is 0 Å². The van der Waals surface area contributed by atoms with Gasteiger partial charge in [0.1, 0.15) is 6.20 Å². The lowest BCUT2D eigenvalue weighted by Gasteiger charge is -2.29. The Balaban J connectivity index is 2.50. The first-order valence-corrected chi connectivity index (χ1v) is 4.83. The average molecular weight is 210 g/mol. The van der Waals surface area contributed by atoms with Crippen LogP contribution in [0.1, 0.15) is 0 Å². The Bertz CT molecular complexity index is 406. The van der Waals surface area contributed by atoms with Gasteiger partial charge in [0, 0.05) is 6.08 Å². The minimum absolute atomic E-state index is 0.00810. The molecule has 0 aromatic heterocycles. The molecule has 14 heavy (non-hydrogen) atoms. The van der Waals surface area contributed by atoms with Crippen LogP contribution >= 0.6 is 11.6 Å². The van der Waals surface area contributed by atoms with Crippen LogP contribution in [0.5, 0.6) is 0 Å². The number of carbonyl (C=O) groups excluding carboxylic acids is 1. The highest BCUT2D eigenvalue weighted by molar-refractivity contribution is 6.20. The van der Waals surface area contributed by atoms with Gasteiger partial charge in [-0.25, -0.2) is 4.79 Å². The number of alkyl halides is 1. The number of halogens is 1.